The van der Waals surface area contributed by atoms with Crippen LogP contribution in [-0.4, -0.2) is 37.2 Å². The minimum atomic E-state index is -0.348. The molecule has 0 spiro atoms. The van der Waals surface area contributed by atoms with Crippen LogP contribution >= 0.6 is 0 Å². The molecule has 0 saturated carbocycles. The molecule has 4 heteroatoms. The maximum atomic E-state index is 12.4. The molecule has 1 aliphatic rings. The van der Waals surface area contributed by atoms with Crippen LogP contribution in [0.15, 0.2) is 0 Å². The van der Waals surface area contributed by atoms with E-state index in [1.54, 1.807) is 0 Å². The van der Waals surface area contributed by atoms with Crippen LogP contribution in [0.4, 0.5) is 0 Å². The summed E-state index contributed by atoms with van der Waals surface area (Å²) in [4.78, 5) is 12.4. The van der Waals surface area contributed by atoms with Gasteiger partial charge < -0.3 is 15.4 Å². The zero-order valence-electron chi connectivity index (χ0n) is 12.2. The summed E-state index contributed by atoms with van der Waals surface area (Å²) in [6.07, 6.45) is 2.87. The first-order chi connectivity index (χ1) is 8.55. The van der Waals surface area contributed by atoms with E-state index < -0.39 is 0 Å². The molecule has 1 rings (SSSR count). The Bertz CT molecular complexity index is 261. The van der Waals surface area contributed by atoms with Gasteiger partial charge in [0.1, 0.15) is 0 Å². The second kappa shape index (κ2) is 7.10. The number of carbonyl (C=O) groups excluding carboxylic acids is 1. The van der Waals surface area contributed by atoms with E-state index in [1.165, 1.54) is 0 Å². The van der Waals surface area contributed by atoms with Crippen molar-refractivity contribution in [3.05, 3.63) is 0 Å². The minimum absolute atomic E-state index is 0.100. The molecule has 0 aliphatic carbocycles. The molecule has 0 radical (unpaired) electrons. The topological polar surface area (TPSA) is 50.4 Å². The average Bonchev–Trinajstić information content (AvgIpc) is 2.83. The van der Waals surface area contributed by atoms with Crippen molar-refractivity contribution in [2.75, 3.05) is 19.8 Å². The Morgan fingerprint density at radius 3 is 2.61 bits per heavy atom. The number of rotatable bonds is 7. The van der Waals surface area contributed by atoms with Gasteiger partial charge in [-0.2, -0.15) is 0 Å². The highest BCUT2D eigenvalue weighted by atomic mass is 16.5. The lowest BCUT2D eigenvalue weighted by atomic mass is 9.92. The van der Waals surface area contributed by atoms with Crippen molar-refractivity contribution in [1.29, 1.82) is 0 Å². The first-order valence-electron chi connectivity index (χ1n) is 7.19. The van der Waals surface area contributed by atoms with Gasteiger partial charge in [0, 0.05) is 6.61 Å². The SMILES string of the molecule is CCOCC(NC(=O)C1(CC)CCCN1)C(C)C. The molecule has 18 heavy (non-hydrogen) atoms. The van der Waals surface area contributed by atoms with E-state index in [1.807, 2.05) is 6.92 Å². The molecule has 2 atom stereocenters. The zero-order chi connectivity index (χ0) is 13.6. The van der Waals surface area contributed by atoms with E-state index >= 15 is 0 Å². The van der Waals surface area contributed by atoms with Gasteiger partial charge in [-0.15, -0.1) is 0 Å². The Morgan fingerprint density at radius 1 is 1.44 bits per heavy atom. The Hall–Kier alpha value is -0.610. The van der Waals surface area contributed by atoms with Gasteiger partial charge in [-0.1, -0.05) is 20.8 Å². The van der Waals surface area contributed by atoms with Crippen molar-refractivity contribution in [3.63, 3.8) is 0 Å². The average molecular weight is 256 g/mol. The third kappa shape index (κ3) is 3.69. The Balaban J connectivity index is 2.59. The van der Waals surface area contributed by atoms with E-state index in [9.17, 15) is 4.79 Å². The third-order valence-electron chi connectivity index (χ3n) is 3.90. The second-order valence-corrected chi connectivity index (χ2v) is 5.45. The molecule has 2 N–H and O–H groups in total. The highest BCUT2D eigenvalue weighted by molar-refractivity contribution is 5.86. The molecule has 1 amide bonds. The predicted octanol–water partition coefficient (Wildman–Crippen LogP) is 1.70. The monoisotopic (exact) mass is 256 g/mol. The Labute approximate surface area is 111 Å². The van der Waals surface area contributed by atoms with Gasteiger partial charge in [0.15, 0.2) is 0 Å². The standard InChI is InChI=1S/C14H28N2O2/c1-5-14(8-7-9-15-14)13(17)16-12(11(3)4)10-18-6-2/h11-12,15H,5-10H2,1-4H3,(H,16,17). The maximum absolute atomic E-state index is 12.4. The van der Waals surface area contributed by atoms with Gasteiger partial charge in [0.05, 0.1) is 18.2 Å². The number of hydrogen-bond donors (Lipinski definition) is 2. The second-order valence-electron chi connectivity index (χ2n) is 5.45. The highest BCUT2D eigenvalue weighted by Gasteiger charge is 2.39. The van der Waals surface area contributed by atoms with Crippen molar-refractivity contribution in [2.45, 2.75) is 58.5 Å². The fraction of sp³-hybridized carbons (Fsp3) is 0.929. The van der Waals surface area contributed by atoms with Gasteiger partial charge in [-0.05, 0) is 38.6 Å². The molecule has 1 heterocycles. The summed E-state index contributed by atoms with van der Waals surface area (Å²) in [6, 6.07) is 0.100. The van der Waals surface area contributed by atoms with E-state index in [4.69, 9.17) is 4.74 Å². The summed E-state index contributed by atoms with van der Waals surface area (Å²) in [5, 5.41) is 6.53. The van der Waals surface area contributed by atoms with Gasteiger partial charge in [-0.3, -0.25) is 4.79 Å². The number of amides is 1. The van der Waals surface area contributed by atoms with Crippen molar-refractivity contribution >= 4 is 5.91 Å². The van der Waals surface area contributed by atoms with E-state index in [0.717, 1.165) is 25.8 Å². The Kier molecular flexibility index (Phi) is 6.09. The largest absolute Gasteiger partial charge is 0.380 e. The molecular formula is C14H28N2O2. The maximum Gasteiger partial charge on any atom is 0.240 e. The van der Waals surface area contributed by atoms with Crippen molar-refractivity contribution < 1.29 is 9.53 Å². The molecule has 4 nitrogen and oxygen atoms in total. The summed E-state index contributed by atoms with van der Waals surface area (Å²) in [5.74, 6) is 0.525. The summed E-state index contributed by atoms with van der Waals surface area (Å²) in [5.41, 5.74) is -0.348. The quantitative estimate of drug-likeness (QED) is 0.729. The number of nitrogens with one attached hydrogen (secondary N) is 2. The third-order valence-corrected chi connectivity index (χ3v) is 3.90. The molecule has 0 bridgehead atoms. The summed E-state index contributed by atoms with van der Waals surface area (Å²) in [7, 11) is 0. The number of hydrogen-bond acceptors (Lipinski definition) is 3. The van der Waals surface area contributed by atoms with Crippen molar-refractivity contribution in [3.8, 4) is 0 Å². The Morgan fingerprint density at radius 2 is 2.17 bits per heavy atom. The summed E-state index contributed by atoms with van der Waals surface area (Å²) < 4.78 is 5.45. The van der Waals surface area contributed by atoms with Gasteiger partial charge >= 0.3 is 0 Å². The van der Waals surface area contributed by atoms with Crippen molar-refractivity contribution in [1.82, 2.24) is 10.6 Å². The molecular weight excluding hydrogens is 228 g/mol. The fourth-order valence-corrected chi connectivity index (χ4v) is 2.41. The predicted molar refractivity (Wildman–Crippen MR) is 73.5 cm³/mol. The molecule has 1 saturated heterocycles. The van der Waals surface area contributed by atoms with Crippen LogP contribution in [0.25, 0.3) is 0 Å². The van der Waals surface area contributed by atoms with Crippen LogP contribution in [0, 0.1) is 5.92 Å². The molecule has 0 aromatic rings. The van der Waals surface area contributed by atoms with Crippen LogP contribution in [0.3, 0.4) is 0 Å². The lowest BCUT2D eigenvalue weighted by Crippen LogP contribution is -2.57. The first-order valence-corrected chi connectivity index (χ1v) is 7.19. The van der Waals surface area contributed by atoms with Gasteiger partial charge in [-0.25, -0.2) is 0 Å². The van der Waals surface area contributed by atoms with Crippen LogP contribution in [0.1, 0.15) is 47.0 Å². The number of carbonyl (C=O) groups is 1. The van der Waals surface area contributed by atoms with Gasteiger partial charge in [0.2, 0.25) is 5.91 Å². The van der Waals surface area contributed by atoms with E-state index in [2.05, 4.69) is 31.4 Å². The molecule has 2 unspecified atom stereocenters. The smallest absolute Gasteiger partial charge is 0.240 e. The molecule has 1 aliphatic heterocycles. The molecule has 1 fully saturated rings. The molecule has 0 aromatic carbocycles. The van der Waals surface area contributed by atoms with Crippen LogP contribution in [0.2, 0.25) is 0 Å². The normalized spacial score (nSPS) is 25.4. The number of ether oxygens (including phenoxy) is 1. The minimum Gasteiger partial charge on any atom is -0.380 e. The van der Waals surface area contributed by atoms with E-state index in [-0.39, 0.29) is 17.5 Å². The lowest BCUT2D eigenvalue weighted by Gasteiger charge is -2.31. The van der Waals surface area contributed by atoms with Crippen molar-refractivity contribution in [2.24, 2.45) is 5.92 Å². The lowest BCUT2D eigenvalue weighted by molar-refractivity contribution is -0.128. The van der Waals surface area contributed by atoms with Gasteiger partial charge in [0.25, 0.3) is 0 Å². The zero-order valence-corrected chi connectivity index (χ0v) is 12.2. The fourth-order valence-electron chi connectivity index (χ4n) is 2.41. The first kappa shape index (κ1) is 15.4. The summed E-state index contributed by atoms with van der Waals surface area (Å²) in [6.45, 7) is 10.5. The highest BCUT2D eigenvalue weighted by Crippen LogP contribution is 2.23. The van der Waals surface area contributed by atoms with E-state index in [0.29, 0.717) is 19.1 Å². The summed E-state index contributed by atoms with van der Waals surface area (Å²) >= 11 is 0. The van der Waals surface area contributed by atoms with Crippen LogP contribution in [0.5, 0.6) is 0 Å². The van der Waals surface area contributed by atoms with Crippen LogP contribution in [-0.2, 0) is 9.53 Å². The molecule has 0 aromatic heterocycles. The molecule has 106 valence electrons. The van der Waals surface area contributed by atoms with Crippen LogP contribution < -0.4 is 10.6 Å².